The van der Waals surface area contributed by atoms with Crippen LogP contribution < -0.4 is 10.9 Å². The number of hydrogen-bond donors (Lipinski definition) is 1. The summed E-state index contributed by atoms with van der Waals surface area (Å²) < 4.78 is 0. The Hall–Kier alpha value is -1.82. The summed E-state index contributed by atoms with van der Waals surface area (Å²) in [6, 6.07) is 8.40. The van der Waals surface area contributed by atoms with Crippen LogP contribution in [0.3, 0.4) is 0 Å². The summed E-state index contributed by atoms with van der Waals surface area (Å²) in [7, 11) is 0. The molecule has 26 heavy (non-hydrogen) atoms. The molecule has 1 aliphatic rings. The van der Waals surface area contributed by atoms with Gasteiger partial charge in [-0.2, -0.15) is 0 Å². The van der Waals surface area contributed by atoms with Gasteiger partial charge in [-0.15, -0.1) is 0 Å². The molecule has 1 aliphatic heterocycles. The fourth-order valence-corrected chi connectivity index (χ4v) is 4.03. The van der Waals surface area contributed by atoms with E-state index < -0.39 is 0 Å². The number of hydrogen-bond acceptors (Lipinski definition) is 5. The maximum Gasteiger partial charge on any atom is 0.0529 e. The van der Waals surface area contributed by atoms with E-state index in [0.717, 1.165) is 43.0 Å². The minimum Gasteiger partial charge on any atom is -0.310 e. The molecular formula is C21H30N4S. The lowest BCUT2D eigenvalue weighted by molar-refractivity contribution is 0.309. The number of rotatable bonds is 6. The van der Waals surface area contributed by atoms with Crippen LogP contribution >= 0.6 is 11.8 Å². The summed E-state index contributed by atoms with van der Waals surface area (Å²) in [5.74, 6) is 6.28. The number of nitrogens with zero attached hydrogens (tertiary/aromatic N) is 3. The van der Waals surface area contributed by atoms with E-state index in [9.17, 15) is 0 Å². The van der Waals surface area contributed by atoms with E-state index in [1.54, 1.807) is 11.8 Å². The molecule has 0 radical (unpaired) electrons. The van der Waals surface area contributed by atoms with Crippen molar-refractivity contribution in [3.63, 3.8) is 0 Å². The van der Waals surface area contributed by atoms with Crippen LogP contribution in [0.25, 0.3) is 5.57 Å². The number of benzene rings is 1. The van der Waals surface area contributed by atoms with Crippen LogP contribution in [-0.4, -0.2) is 36.1 Å². The third kappa shape index (κ3) is 4.47. The molecule has 0 spiro atoms. The zero-order valence-electron chi connectivity index (χ0n) is 16.3. The summed E-state index contributed by atoms with van der Waals surface area (Å²) in [6.45, 7) is 16.5. The molecule has 2 aromatic rings. The van der Waals surface area contributed by atoms with Gasteiger partial charge < -0.3 is 9.91 Å². The first-order valence-electron chi connectivity index (χ1n) is 9.34. The standard InChI is InChI=1S/C19H24N4S.C2H6/c1-4-22(5-2)10-11-23(20)15-6-7-16-14(3)17-13-21-9-8-18(17)24-19(16)12-15;1-2/h6-9,12-13H,3-5,10-11,20H2,1-2H3;1-2H3. The Bertz CT molecular complexity index is 741. The maximum atomic E-state index is 6.28. The number of fused-ring (bicyclic) bond motifs is 2. The van der Waals surface area contributed by atoms with Crippen molar-refractivity contribution >= 4 is 23.0 Å². The van der Waals surface area contributed by atoms with Crippen molar-refractivity contribution in [3.05, 3.63) is 54.4 Å². The Kier molecular flexibility index (Phi) is 7.69. The van der Waals surface area contributed by atoms with Crippen molar-refractivity contribution in [2.24, 2.45) is 5.84 Å². The number of aromatic nitrogens is 1. The highest BCUT2D eigenvalue weighted by atomic mass is 32.2. The van der Waals surface area contributed by atoms with Crippen LogP contribution in [0.2, 0.25) is 0 Å². The minimum absolute atomic E-state index is 0.812. The summed E-state index contributed by atoms with van der Waals surface area (Å²) in [5, 5.41) is 1.84. The maximum absolute atomic E-state index is 6.28. The van der Waals surface area contributed by atoms with E-state index in [-0.39, 0.29) is 0 Å². The SMILES string of the molecule is C=C1c2ccc(N(N)CCN(CC)CC)cc2Sc2ccncc21.CC. The molecule has 0 unspecified atom stereocenters. The molecule has 5 heteroatoms. The first-order valence-corrected chi connectivity index (χ1v) is 10.2. The monoisotopic (exact) mass is 370 g/mol. The first kappa shape index (κ1) is 20.5. The lowest BCUT2D eigenvalue weighted by Gasteiger charge is -2.26. The van der Waals surface area contributed by atoms with E-state index >= 15 is 0 Å². The van der Waals surface area contributed by atoms with E-state index in [1.807, 2.05) is 37.3 Å². The molecule has 0 amide bonds. The van der Waals surface area contributed by atoms with E-state index in [1.165, 1.54) is 15.4 Å². The molecular weight excluding hydrogens is 340 g/mol. The smallest absolute Gasteiger partial charge is 0.0529 e. The summed E-state index contributed by atoms with van der Waals surface area (Å²) >= 11 is 1.76. The van der Waals surface area contributed by atoms with Gasteiger partial charge >= 0.3 is 0 Å². The number of likely N-dealkylation sites (N-methyl/N-ethyl adjacent to an activating group) is 1. The molecule has 0 aliphatic carbocycles. The zero-order valence-corrected chi connectivity index (χ0v) is 17.1. The molecule has 3 rings (SSSR count). The second kappa shape index (κ2) is 9.76. The molecule has 0 saturated heterocycles. The van der Waals surface area contributed by atoms with Gasteiger partial charge in [-0.25, -0.2) is 5.84 Å². The fraction of sp³-hybridized carbons (Fsp3) is 0.381. The lowest BCUT2D eigenvalue weighted by atomic mass is 10.00. The van der Waals surface area contributed by atoms with Crippen LogP contribution in [-0.2, 0) is 0 Å². The molecule has 2 N–H and O–H groups in total. The van der Waals surface area contributed by atoms with Crippen molar-refractivity contribution in [1.29, 1.82) is 0 Å². The van der Waals surface area contributed by atoms with Crippen LogP contribution in [0.4, 0.5) is 5.69 Å². The van der Waals surface area contributed by atoms with E-state index in [4.69, 9.17) is 5.84 Å². The Balaban J connectivity index is 0.00000117. The largest absolute Gasteiger partial charge is 0.310 e. The summed E-state index contributed by atoms with van der Waals surface area (Å²) in [6.07, 6.45) is 3.72. The van der Waals surface area contributed by atoms with Gasteiger partial charge in [-0.3, -0.25) is 4.98 Å². The van der Waals surface area contributed by atoms with Crippen molar-refractivity contribution in [3.8, 4) is 0 Å². The molecule has 140 valence electrons. The average molecular weight is 371 g/mol. The van der Waals surface area contributed by atoms with Gasteiger partial charge in [-0.05, 0) is 42.4 Å². The third-order valence-corrected chi connectivity index (χ3v) is 5.63. The molecule has 2 heterocycles. The van der Waals surface area contributed by atoms with E-state index in [0.29, 0.717) is 0 Å². The average Bonchev–Trinajstić information content (AvgIpc) is 2.70. The predicted molar refractivity (Wildman–Crippen MR) is 114 cm³/mol. The van der Waals surface area contributed by atoms with Gasteiger partial charge in [0, 0.05) is 40.8 Å². The topological polar surface area (TPSA) is 45.4 Å². The highest BCUT2D eigenvalue weighted by Crippen LogP contribution is 2.45. The Morgan fingerprint density at radius 3 is 2.46 bits per heavy atom. The van der Waals surface area contributed by atoms with Gasteiger partial charge in [0.25, 0.3) is 0 Å². The Labute approximate surface area is 162 Å². The number of pyridine rings is 1. The van der Waals surface area contributed by atoms with E-state index in [2.05, 4.69) is 48.5 Å². The Morgan fingerprint density at radius 2 is 1.77 bits per heavy atom. The second-order valence-electron chi connectivity index (χ2n) is 5.85. The lowest BCUT2D eigenvalue weighted by Crippen LogP contribution is -2.39. The van der Waals surface area contributed by atoms with Gasteiger partial charge in [0.2, 0.25) is 0 Å². The molecule has 1 aromatic carbocycles. The molecule has 0 bridgehead atoms. The quantitative estimate of drug-likeness (QED) is 0.505. The van der Waals surface area contributed by atoms with Gasteiger partial charge in [0.15, 0.2) is 0 Å². The normalized spacial score (nSPS) is 12.2. The van der Waals surface area contributed by atoms with Gasteiger partial charge in [-0.1, -0.05) is 52.1 Å². The second-order valence-corrected chi connectivity index (χ2v) is 6.94. The van der Waals surface area contributed by atoms with Crippen LogP contribution in [0, 0.1) is 0 Å². The molecule has 0 fully saturated rings. The molecule has 4 nitrogen and oxygen atoms in total. The van der Waals surface area contributed by atoms with Crippen LogP contribution in [0.5, 0.6) is 0 Å². The summed E-state index contributed by atoms with van der Waals surface area (Å²) in [5.41, 5.74) is 4.36. The number of anilines is 1. The van der Waals surface area contributed by atoms with Gasteiger partial charge in [0.05, 0.1) is 5.69 Å². The minimum atomic E-state index is 0.812. The first-order chi connectivity index (χ1) is 12.6. The molecule has 1 aromatic heterocycles. The van der Waals surface area contributed by atoms with Crippen LogP contribution in [0.15, 0.2) is 53.0 Å². The van der Waals surface area contributed by atoms with Crippen molar-refractivity contribution in [2.75, 3.05) is 31.2 Å². The van der Waals surface area contributed by atoms with Crippen LogP contribution in [0.1, 0.15) is 38.8 Å². The number of nitrogens with two attached hydrogens (primary N) is 1. The van der Waals surface area contributed by atoms with Crippen molar-refractivity contribution in [2.45, 2.75) is 37.5 Å². The van der Waals surface area contributed by atoms with Crippen molar-refractivity contribution in [1.82, 2.24) is 9.88 Å². The summed E-state index contributed by atoms with van der Waals surface area (Å²) in [4.78, 5) is 8.99. The fourth-order valence-electron chi connectivity index (χ4n) is 2.90. The molecule has 0 saturated carbocycles. The predicted octanol–water partition coefficient (Wildman–Crippen LogP) is 4.66. The highest BCUT2D eigenvalue weighted by Gasteiger charge is 2.20. The highest BCUT2D eigenvalue weighted by molar-refractivity contribution is 7.99. The third-order valence-electron chi connectivity index (χ3n) is 4.50. The Morgan fingerprint density at radius 1 is 1.04 bits per heavy atom. The zero-order chi connectivity index (χ0) is 19.1. The van der Waals surface area contributed by atoms with Crippen molar-refractivity contribution < 1.29 is 0 Å². The number of hydrazine groups is 1. The van der Waals surface area contributed by atoms with Gasteiger partial charge in [0.1, 0.15) is 0 Å². The molecule has 0 atom stereocenters.